The largest absolute Gasteiger partial charge is 0.492 e. The first kappa shape index (κ1) is 24.3. The predicted molar refractivity (Wildman–Crippen MR) is 128 cm³/mol. The normalized spacial score (nSPS) is 12.6. The second kappa shape index (κ2) is 10.6. The number of sulfonamides is 1. The minimum Gasteiger partial charge on any atom is -0.492 e. The number of hydrogen-bond donors (Lipinski definition) is 1. The van der Waals surface area contributed by atoms with Crippen molar-refractivity contribution in [2.24, 2.45) is 0 Å². The molecule has 0 aromatic heterocycles. The van der Waals surface area contributed by atoms with Crippen LogP contribution in [0.25, 0.3) is 0 Å². The fraction of sp³-hybridized carbons (Fsp3) is 0.240. The fourth-order valence-corrected chi connectivity index (χ4v) is 4.85. The van der Waals surface area contributed by atoms with Crippen LogP contribution in [0.3, 0.4) is 0 Å². The number of ether oxygens (including phenoxy) is 3. The van der Waals surface area contributed by atoms with Gasteiger partial charge in [-0.05, 0) is 55.5 Å². The molecule has 0 atom stereocenters. The van der Waals surface area contributed by atoms with Gasteiger partial charge in [0.1, 0.15) is 37.9 Å². The summed E-state index contributed by atoms with van der Waals surface area (Å²) < 4.78 is 58.0. The Morgan fingerprint density at radius 1 is 1.00 bits per heavy atom. The molecule has 1 aliphatic rings. The number of carbonyl (C=O) groups excluding carboxylic acids is 1. The van der Waals surface area contributed by atoms with E-state index in [0.717, 1.165) is 22.0 Å². The number of amides is 1. The molecular weight excluding hydrogens is 475 g/mol. The summed E-state index contributed by atoms with van der Waals surface area (Å²) in [4.78, 5) is 12.6. The van der Waals surface area contributed by atoms with Gasteiger partial charge in [-0.15, -0.1) is 0 Å². The van der Waals surface area contributed by atoms with Crippen molar-refractivity contribution in [3.8, 4) is 17.2 Å². The Labute approximate surface area is 203 Å². The van der Waals surface area contributed by atoms with Crippen LogP contribution in [0.5, 0.6) is 17.2 Å². The Morgan fingerprint density at radius 2 is 1.69 bits per heavy atom. The molecule has 10 heteroatoms. The number of halogens is 1. The summed E-state index contributed by atoms with van der Waals surface area (Å²) in [5.74, 6) is 0.342. The van der Waals surface area contributed by atoms with Crippen LogP contribution in [0, 0.1) is 12.7 Å². The molecule has 1 amide bonds. The Balaban J connectivity index is 1.48. The lowest BCUT2D eigenvalue weighted by Gasteiger charge is -2.25. The monoisotopic (exact) mass is 500 g/mol. The summed E-state index contributed by atoms with van der Waals surface area (Å²) in [6, 6.07) is 16.6. The third-order valence-corrected chi connectivity index (χ3v) is 6.99. The third kappa shape index (κ3) is 6.02. The van der Waals surface area contributed by atoms with E-state index in [-0.39, 0.29) is 23.7 Å². The lowest BCUT2D eigenvalue weighted by Crippen LogP contribution is -2.42. The molecule has 0 saturated heterocycles. The predicted octanol–water partition coefficient (Wildman–Crippen LogP) is 3.30. The summed E-state index contributed by atoms with van der Waals surface area (Å²) >= 11 is 0. The number of hydrogen-bond acceptors (Lipinski definition) is 6. The molecule has 0 aliphatic carbocycles. The number of aryl methyl sites for hydroxylation is 1. The minimum absolute atomic E-state index is 0.0819. The van der Waals surface area contributed by atoms with Crippen molar-refractivity contribution in [2.45, 2.75) is 11.8 Å². The van der Waals surface area contributed by atoms with Crippen molar-refractivity contribution in [2.75, 3.05) is 37.2 Å². The molecule has 0 spiro atoms. The number of anilines is 1. The Kier molecular flexibility index (Phi) is 7.40. The first-order chi connectivity index (χ1) is 16.8. The molecule has 1 aliphatic heterocycles. The molecule has 184 valence electrons. The van der Waals surface area contributed by atoms with Gasteiger partial charge in [0.2, 0.25) is 5.91 Å². The van der Waals surface area contributed by atoms with E-state index >= 15 is 0 Å². The minimum atomic E-state index is -4.19. The van der Waals surface area contributed by atoms with Gasteiger partial charge in [-0.2, -0.15) is 0 Å². The van der Waals surface area contributed by atoms with E-state index in [1.54, 1.807) is 0 Å². The molecule has 0 fully saturated rings. The average molecular weight is 501 g/mol. The number of fused-ring (bicyclic) bond motifs is 1. The number of nitrogens with one attached hydrogen (secondary N) is 1. The van der Waals surface area contributed by atoms with E-state index in [1.807, 2.05) is 31.2 Å². The molecule has 3 aromatic carbocycles. The molecule has 35 heavy (non-hydrogen) atoms. The maximum absolute atomic E-state index is 13.5. The second-order valence-electron chi connectivity index (χ2n) is 7.81. The number of benzene rings is 3. The maximum atomic E-state index is 13.5. The molecule has 1 heterocycles. The second-order valence-corrected chi connectivity index (χ2v) is 9.67. The Hall–Kier alpha value is -3.79. The first-order valence-electron chi connectivity index (χ1n) is 11.0. The van der Waals surface area contributed by atoms with Gasteiger partial charge >= 0.3 is 0 Å². The van der Waals surface area contributed by atoms with Crippen LogP contribution in [0.4, 0.5) is 10.1 Å². The molecular formula is C25H25FN2O6S. The topological polar surface area (TPSA) is 94.2 Å². The zero-order valence-corrected chi connectivity index (χ0v) is 19.9. The van der Waals surface area contributed by atoms with Gasteiger partial charge in [0.25, 0.3) is 10.0 Å². The van der Waals surface area contributed by atoms with Gasteiger partial charge in [-0.1, -0.05) is 17.7 Å². The van der Waals surface area contributed by atoms with Crippen LogP contribution in [-0.4, -0.2) is 47.2 Å². The highest BCUT2D eigenvalue weighted by molar-refractivity contribution is 7.92. The van der Waals surface area contributed by atoms with Gasteiger partial charge in [0.05, 0.1) is 17.1 Å². The SMILES string of the molecule is Cc1ccc(OCCNC(=O)CN(c2ccc(F)cc2)S(=O)(=O)c2ccc3c(c2)OCCO3)cc1. The smallest absolute Gasteiger partial charge is 0.264 e. The van der Waals surface area contributed by atoms with Gasteiger partial charge in [-0.25, -0.2) is 12.8 Å². The van der Waals surface area contributed by atoms with Crippen LogP contribution in [-0.2, 0) is 14.8 Å². The molecule has 0 unspecified atom stereocenters. The van der Waals surface area contributed by atoms with Gasteiger partial charge in [0.15, 0.2) is 11.5 Å². The highest BCUT2D eigenvalue weighted by Crippen LogP contribution is 2.34. The van der Waals surface area contributed by atoms with Crippen LogP contribution >= 0.6 is 0 Å². The highest BCUT2D eigenvalue weighted by atomic mass is 32.2. The summed E-state index contributed by atoms with van der Waals surface area (Å²) in [6.45, 7) is 2.51. The molecule has 0 bridgehead atoms. The third-order valence-electron chi connectivity index (χ3n) is 5.22. The van der Waals surface area contributed by atoms with E-state index in [0.29, 0.717) is 30.5 Å². The Morgan fingerprint density at radius 3 is 2.40 bits per heavy atom. The standard InChI is InChI=1S/C25H25FN2O6S/c1-18-2-8-21(9-3-18)32-13-12-27-25(29)17-28(20-6-4-19(26)5-7-20)35(30,31)22-10-11-23-24(16-22)34-15-14-33-23/h2-11,16H,12-15,17H2,1H3,(H,27,29). The van der Waals surface area contributed by atoms with Crippen molar-refractivity contribution in [3.05, 3.63) is 78.1 Å². The van der Waals surface area contributed by atoms with Crippen molar-refractivity contribution in [3.63, 3.8) is 0 Å². The van der Waals surface area contributed by atoms with E-state index in [2.05, 4.69) is 5.32 Å². The maximum Gasteiger partial charge on any atom is 0.264 e. The molecule has 3 aromatic rings. The number of carbonyl (C=O) groups is 1. The van der Waals surface area contributed by atoms with Crippen molar-refractivity contribution in [1.29, 1.82) is 0 Å². The quantitative estimate of drug-likeness (QED) is 0.453. The van der Waals surface area contributed by atoms with Gasteiger partial charge < -0.3 is 19.5 Å². The zero-order valence-electron chi connectivity index (χ0n) is 19.1. The zero-order chi connectivity index (χ0) is 24.8. The van der Waals surface area contributed by atoms with Crippen LogP contribution < -0.4 is 23.8 Å². The van der Waals surface area contributed by atoms with Crippen molar-refractivity contribution < 1.29 is 31.8 Å². The summed E-state index contributed by atoms with van der Waals surface area (Å²) in [5, 5.41) is 2.66. The molecule has 0 radical (unpaired) electrons. The van der Waals surface area contributed by atoms with Crippen molar-refractivity contribution in [1.82, 2.24) is 5.32 Å². The molecule has 1 N–H and O–H groups in total. The van der Waals surface area contributed by atoms with Crippen LogP contribution in [0.15, 0.2) is 71.6 Å². The van der Waals surface area contributed by atoms with E-state index in [4.69, 9.17) is 14.2 Å². The summed E-state index contributed by atoms with van der Waals surface area (Å²) in [7, 11) is -4.19. The number of rotatable bonds is 9. The summed E-state index contributed by atoms with van der Waals surface area (Å²) in [6.07, 6.45) is 0. The molecule has 0 saturated carbocycles. The summed E-state index contributed by atoms with van der Waals surface area (Å²) in [5.41, 5.74) is 1.25. The highest BCUT2D eigenvalue weighted by Gasteiger charge is 2.29. The van der Waals surface area contributed by atoms with E-state index in [9.17, 15) is 17.6 Å². The first-order valence-corrected chi connectivity index (χ1v) is 12.4. The fourth-order valence-electron chi connectivity index (χ4n) is 3.41. The van der Waals surface area contributed by atoms with Crippen molar-refractivity contribution >= 4 is 21.6 Å². The van der Waals surface area contributed by atoms with E-state index < -0.39 is 28.3 Å². The Bertz CT molecular complexity index is 1280. The van der Waals surface area contributed by atoms with Gasteiger partial charge in [0, 0.05) is 6.07 Å². The number of nitrogens with zero attached hydrogens (tertiary/aromatic N) is 1. The van der Waals surface area contributed by atoms with Crippen LogP contribution in [0.2, 0.25) is 0 Å². The lowest BCUT2D eigenvalue weighted by molar-refractivity contribution is -0.119. The van der Waals surface area contributed by atoms with E-state index in [1.165, 1.54) is 30.3 Å². The molecule has 8 nitrogen and oxygen atoms in total. The lowest BCUT2D eigenvalue weighted by atomic mass is 10.2. The van der Waals surface area contributed by atoms with Crippen LogP contribution in [0.1, 0.15) is 5.56 Å². The molecule has 4 rings (SSSR count). The van der Waals surface area contributed by atoms with Gasteiger partial charge in [-0.3, -0.25) is 9.10 Å². The average Bonchev–Trinajstić information content (AvgIpc) is 2.86.